The molecule has 3 heteroatoms. The summed E-state index contributed by atoms with van der Waals surface area (Å²) in [7, 11) is -0.832. The number of nitrogens with one attached hydrogen (secondary N) is 1. The van der Waals surface area contributed by atoms with Gasteiger partial charge in [0, 0.05) is 11.8 Å². The molecule has 1 N–H and O–H groups in total. The summed E-state index contributed by atoms with van der Waals surface area (Å²) in [6.07, 6.45) is 5.31. The van der Waals surface area contributed by atoms with E-state index in [2.05, 4.69) is 11.6 Å². The summed E-state index contributed by atoms with van der Waals surface area (Å²) in [5.41, 5.74) is 0. The van der Waals surface area contributed by atoms with Gasteiger partial charge in [0.25, 0.3) is 0 Å². The standard InChI is InChI=1S/C11H23NOS/c1-9(2)14(13)12-8-11-6-4-10(3)5-7-11/h9-12H,4-8H2,1-3H3. The molecule has 0 aliphatic heterocycles. The van der Waals surface area contributed by atoms with Crippen LogP contribution in [0.2, 0.25) is 0 Å². The Labute approximate surface area is 90.4 Å². The van der Waals surface area contributed by atoms with Crippen LogP contribution in [0.5, 0.6) is 0 Å². The minimum atomic E-state index is -0.832. The van der Waals surface area contributed by atoms with Gasteiger partial charge in [-0.25, -0.2) is 8.93 Å². The molecule has 0 saturated heterocycles. The SMILES string of the molecule is CC1CCC(CNS(=O)C(C)C)CC1. The molecule has 14 heavy (non-hydrogen) atoms. The van der Waals surface area contributed by atoms with Crippen molar-refractivity contribution in [3.05, 3.63) is 0 Å². The molecule has 1 unspecified atom stereocenters. The van der Waals surface area contributed by atoms with Crippen LogP contribution in [0, 0.1) is 11.8 Å². The summed E-state index contributed by atoms with van der Waals surface area (Å²) in [5, 5.41) is 0.234. The summed E-state index contributed by atoms with van der Waals surface area (Å²) < 4.78 is 14.6. The van der Waals surface area contributed by atoms with Crippen molar-refractivity contribution < 1.29 is 4.21 Å². The molecular formula is C11H23NOS. The van der Waals surface area contributed by atoms with Crippen molar-refractivity contribution in [1.82, 2.24) is 4.72 Å². The van der Waals surface area contributed by atoms with Gasteiger partial charge in [-0.05, 0) is 38.5 Å². The summed E-state index contributed by atoms with van der Waals surface area (Å²) >= 11 is 0. The van der Waals surface area contributed by atoms with Crippen LogP contribution in [0.25, 0.3) is 0 Å². The van der Waals surface area contributed by atoms with E-state index in [4.69, 9.17) is 0 Å². The van der Waals surface area contributed by atoms with Gasteiger partial charge >= 0.3 is 0 Å². The molecule has 0 spiro atoms. The van der Waals surface area contributed by atoms with E-state index >= 15 is 0 Å². The van der Waals surface area contributed by atoms with Crippen LogP contribution in [-0.2, 0) is 11.0 Å². The summed E-state index contributed by atoms with van der Waals surface area (Å²) in [6, 6.07) is 0. The molecule has 1 aliphatic rings. The highest BCUT2D eigenvalue weighted by molar-refractivity contribution is 7.83. The second-order valence-corrected chi connectivity index (χ2v) is 6.65. The quantitative estimate of drug-likeness (QED) is 0.770. The highest BCUT2D eigenvalue weighted by atomic mass is 32.2. The molecule has 0 aromatic rings. The van der Waals surface area contributed by atoms with E-state index in [1.54, 1.807) is 0 Å². The van der Waals surface area contributed by atoms with Gasteiger partial charge in [0.15, 0.2) is 0 Å². The van der Waals surface area contributed by atoms with E-state index in [0.717, 1.165) is 18.4 Å². The van der Waals surface area contributed by atoms with E-state index in [9.17, 15) is 4.21 Å². The van der Waals surface area contributed by atoms with E-state index in [1.165, 1.54) is 25.7 Å². The Morgan fingerprint density at radius 2 is 1.86 bits per heavy atom. The Hall–Kier alpha value is 0.110. The van der Waals surface area contributed by atoms with E-state index < -0.39 is 11.0 Å². The molecule has 0 bridgehead atoms. The molecule has 1 atom stereocenters. The molecule has 0 aromatic carbocycles. The lowest BCUT2D eigenvalue weighted by Crippen LogP contribution is -2.30. The van der Waals surface area contributed by atoms with Crippen molar-refractivity contribution in [3.8, 4) is 0 Å². The maximum atomic E-state index is 11.4. The summed E-state index contributed by atoms with van der Waals surface area (Å²) in [5.74, 6) is 1.66. The molecule has 1 rings (SSSR count). The van der Waals surface area contributed by atoms with Crippen LogP contribution < -0.4 is 4.72 Å². The molecule has 1 saturated carbocycles. The number of rotatable bonds is 4. The van der Waals surface area contributed by atoms with Gasteiger partial charge < -0.3 is 0 Å². The van der Waals surface area contributed by atoms with Crippen LogP contribution in [0.3, 0.4) is 0 Å². The van der Waals surface area contributed by atoms with Crippen LogP contribution in [-0.4, -0.2) is 16.0 Å². The van der Waals surface area contributed by atoms with Crippen LogP contribution in [0.15, 0.2) is 0 Å². The maximum Gasteiger partial charge on any atom is 0.0941 e. The fraction of sp³-hybridized carbons (Fsp3) is 1.00. The monoisotopic (exact) mass is 217 g/mol. The predicted molar refractivity (Wildman–Crippen MR) is 62.4 cm³/mol. The zero-order valence-corrected chi connectivity index (χ0v) is 10.4. The minimum absolute atomic E-state index is 0.234. The molecule has 0 aromatic heterocycles. The highest BCUT2D eigenvalue weighted by Gasteiger charge is 2.18. The first kappa shape index (κ1) is 12.2. The normalized spacial score (nSPS) is 30.6. The fourth-order valence-corrected chi connectivity index (χ4v) is 2.63. The third-order valence-corrected chi connectivity index (χ3v) is 4.39. The molecule has 1 fully saturated rings. The Morgan fingerprint density at radius 1 is 1.29 bits per heavy atom. The van der Waals surface area contributed by atoms with Gasteiger partial charge in [0.05, 0.1) is 11.0 Å². The van der Waals surface area contributed by atoms with Crippen LogP contribution >= 0.6 is 0 Å². The summed E-state index contributed by atoms with van der Waals surface area (Å²) in [6.45, 7) is 7.26. The highest BCUT2D eigenvalue weighted by Crippen LogP contribution is 2.27. The third-order valence-electron chi connectivity index (χ3n) is 3.08. The van der Waals surface area contributed by atoms with Crippen LogP contribution in [0.1, 0.15) is 46.5 Å². The van der Waals surface area contributed by atoms with Gasteiger partial charge in [-0.1, -0.05) is 19.8 Å². The first-order valence-corrected chi connectivity index (χ1v) is 6.95. The molecule has 0 heterocycles. The van der Waals surface area contributed by atoms with Crippen molar-refractivity contribution in [2.24, 2.45) is 11.8 Å². The van der Waals surface area contributed by atoms with E-state index in [1.807, 2.05) is 13.8 Å². The zero-order valence-electron chi connectivity index (χ0n) is 9.58. The average Bonchev–Trinajstić information content (AvgIpc) is 2.16. The van der Waals surface area contributed by atoms with Crippen molar-refractivity contribution in [2.75, 3.05) is 6.54 Å². The topological polar surface area (TPSA) is 29.1 Å². The minimum Gasteiger partial charge on any atom is -0.243 e. The Kier molecular flexibility index (Phi) is 5.10. The molecule has 84 valence electrons. The Bertz CT molecular complexity index is 186. The molecular weight excluding hydrogens is 194 g/mol. The lowest BCUT2D eigenvalue weighted by molar-refractivity contribution is 0.291. The lowest BCUT2D eigenvalue weighted by Gasteiger charge is -2.26. The fourth-order valence-electron chi connectivity index (χ4n) is 1.90. The molecule has 0 amide bonds. The van der Waals surface area contributed by atoms with Crippen molar-refractivity contribution in [3.63, 3.8) is 0 Å². The van der Waals surface area contributed by atoms with Gasteiger partial charge in [-0.15, -0.1) is 0 Å². The zero-order chi connectivity index (χ0) is 10.6. The van der Waals surface area contributed by atoms with E-state index in [0.29, 0.717) is 0 Å². The number of hydrogen-bond donors (Lipinski definition) is 1. The largest absolute Gasteiger partial charge is 0.243 e. The Balaban J connectivity index is 2.16. The maximum absolute atomic E-state index is 11.4. The van der Waals surface area contributed by atoms with Gasteiger partial charge in [0.2, 0.25) is 0 Å². The Morgan fingerprint density at radius 3 is 2.36 bits per heavy atom. The molecule has 2 nitrogen and oxygen atoms in total. The number of hydrogen-bond acceptors (Lipinski definition) is 1. The average molecular weight is 217 g/mol. The molecule has 0 radical (unpaired) electrons. The first-order valence-electron chi connectivity index (χ1n) is 5.73. The van der Waals surface area contributed by atoms with E-state index in [-0.39, 0.29) is 5.25 Å². The van der Waals surface area contributed by atoms with Gasteiger partial charge in [-0.3, -0.25) is 0 Å². The summed E-state index contributed by atoms with van der Waals surface area (Å²) in [4.78, 5) is 0. The van der Waals surface area contributed by atoms with Gasteiger partial charge in [0.1, 0.15) is 0 Å². The second kappa shape index (κ2) is 5.86. The predicted octanol–water partition coefficient (Wildman–Crippen LogP) is 2.47. The first-order chi connectivity index (χ1) is 6.59. The molecule has 1 aliphatic carbocycles. The van der Waals surface area contributed by atoms with Crippen molar-refractivity contribution >= 4 is 11.0 Å². The lowest BCUT2D eigenvalue weighted by atomic mass is 9.83. The third kappa shape index (κ3) is 4.09. The van der Waals surface area contributed by atoms with Gasteiger partial charge in [-0.2, -0.15) is 0 Å². The van der Waals surface area contributed by atoms with Crippen molar-refractivity contribution in [2.45, 2.75) is 51.7 Å². The smallest absolute Gasteiger partial charge is 0.0941 e. The second-order valence-electron chi connectivity index (χ2n) is 4.82. The van der Waals surface area contributed by atoms with Crippen LogP contribution in [0.4, 0.5) is 0 Å². The van der Waals surface area contributed by atoms with Crippen molar-refractivity contribution in [1.29, 1.82) is 0 Å².